The summed E-state index contributed by atoms with van der Waals surface area (Å²) in [4.78, 5) is 8.17. The Hall–Kier alpha value is -2.78. The van der Waals surface area contributed by atoms with Crippen molar-refractivity contribution in [2.75, 3.05) is 6.26 Å². The minimum Gasteiger partial charge on any atom is -0.264 e. The van der Waals surface area contributed by atoms with Crippen LogP contribution in [0.15, 0.2) is 75.9 Å². The molecule has 3 heterocycles. The van der Waals surface area contributed by atoms with E-state index in [1.54, 1.807) is 30.8 Å². The summed E-state index contributed by atoms with van der Waals surface area (Å²) >= 11 is 1.19. The van der Waals surface area contributed by atoms with E-state index < -0.39 is 15.7 Å². The molecule has 0 bridgehead atoms. The van der Waals surface area contributed by atoms with Gasteiger partial charge in [0.25, 0.3) is 0 Å². The molecule has 6 nitrogen and oxygen atoms in total. The minimum absolute atomic E-state index is 0.0358. The fourth-order valence-electron chi connectivity index (χ4n) is 2.76. The molecule has 0 saturated heterocycles. The van der Waals surface area contributed by atoms with Crippen LogP contribution >= 0.6 is 11.8 Å². The van der Waals surface area contributed by atoms with Crippen molar-refractivity contribution in [3.05, 3.63) is 66.9 Å². The predicted molar refractivity (Wildman–Crippen MR) is 99.9 cm³/mol. The molecule has 0 amide bonds. The second-order valence-electron chi connectivity index (χ2n) is 5.61. The highest BCUT2D eigenvalue weighted by atomic mass is 32.2. The summed E-state index contributed by atoms with van der Waals surface area (Å²) in [7, 11) is -4.01. The summed E-state index contributed by atoms with van der Waals surface area (Å²) in [5.41, 5.74) is 1.61. The van der Waals surface area contributed by atoms with Crippen molar-refractivity contribution in [1.29, 1.82) is 0 Å². The Balaban J connectivity index is 2.02. The van der Waals surface area contributed by atoms with Crippen molar-refractivity contribution >= 4 is 27.2 Å². The molecule has 27 heavy (non-hydrogen) atoms. The Bertz CT molecular complexity index is 1240. The Labute approximate surface area is 159 Å². The van der Waals surface area contributed by atoms with Crippen LogP contribution in [0.25, 0.3) is 16.9 Å². The van der Waals surface area contributed by atoms with Gasteiger partial charge in [0.2, 0.25) is 9.84 Å². The summed E-state index contributed by atoms with van der Waals surface area (Å²) in [6, 6.07) is 10.3. The zero-order chi connectivity index (χ0) is 19.0. The molecule has 9 heteroatoms. The van der Waals surface area contributed by atoms with Gasteiger partial charge < -0.3 is 0 Å². The van der Waals surface area contributed by atoms with Crippen molar-refractivity contribution in [3.63, 3.8) is 0 Å². The topological polar surface area (TPSA) is 77.2 Å². The van der Waals surface area contributed by atoms with Gasteiger partial charge in [-0.15, -0.1) is 11.8 Å². The summed E-state index contributed by atoms with van der Waals surface area (Å²) in [6.45, 7) is 0. The number of thioether (sulfide) groups is 1. The van der Waals surface area contributed by atoms with Crippen LogP contribution in [0.3, 0.4) is 0 Å². The average molecular weight is 400 g/mol. The fourth-order valence-corrected chi connectivity index (χ4v) is 5.19. The normalized spacial score (nSPS) is 11.8. The lowest BCUT2D eigenvalue weighted by atomic mass is 10.2. The van der Waals surface area contributed by atoms with E-state index >= 15 is 0 Å². The van der Waals surface area contributed by atoms with Crippen molar-refractivity contribution in [2.45, 2.75) is 14.8 Å². The molecule has 4 rings (SSSR count). The van der Waals surface area contributed by atoms with Crippen molar-refractivity contribution in [1.82, 2.24) is 19.6 Å². The molecule has 0 unspecified atom stereocenters. The quantitative estimate of drug-likeness (QED) is 0.488. The number of pyridine rings is 1. The first-order valence-electron chi connectivity index (χ1n) is 7.85. The molecule has 3 aromatic heterocycles. The molecule has 0 aliphatic carbocycles. The third kappa shape index (κ3) is 2.98. The number of nitrogens with zero attached hydrogens (tertiary/aromatic N) is 4. The van der Waals surface area contributed by atoms with Gasteiger partial charge in [0.1, 0.15) is 10.8 Å². The molecule has 0 aliphatic heterocycles. The molecular formula is C18H13FN4O2S2. The Morgan fingerprint density at radius 1 is 1.11 bits per heavy atom. The van der Waals surface area contributed by atoms with Crippen molar-refractivity contribution in [2.24, 2.45) is 0 Å². The van der Waals surface area contributed by atoms with E-state index in [0.29, 0.717) is 10.7 Å². The number of rotatable bonds is 4. The van der Waals surface area contributed by atoms with E-state index in [1.807, 2.05) is 6.07 Å². The smallest absolute Gasteiger partial charge is 0.213 e. The number of benzene rings is 1. The Morgan fingerprint density at radius 2 is 1.96 bits per heavy atom. The summed E-state index contributed by atoms with van der Waals surface area (Å²) in [5, 5.41) is 4.73. The maximum atomic E-state index is 13.6. The van der Waals surface area contributed by atoms with Crippen LogP contribution in [0.4, 0.5) is 4.39 Å². The predicted octanol–water partition coefficient (Wildman–Crippen LogP) is 3.49. The maximum absolute atomic E-state index is 13.6. The molecule has 0 radical (unpaired) electrons. The number of hydrogen-bond donors (Lipinski definition) is 0. The van der Waals surface area contributed by atoms with E-state index in [1.165, 1.54) is 40.7 Å². The van der Waals surface area contributed by atoms with E-state index in [-0.39, 0.29) is 15.4 Å². The average Bonchev–Trinajstić information content (AvgIpc) is 3.08. The molecule has 136 valence electrons. The zero-order valence-corrected chi connectivity index (χ0v) is 15.7. The van der Waals surface area contributed by atoms with Gasteiger partial charge in [-0.25, -0.2) is 22.3 Å². The van der Waals surface area contributed by atoms with Gasteiger partial charge in [-0.1, -0.05) is 6.07 Å². The second-order valence-corrected chi connectivity index (χ2v) is 8.29. The monoisotopic (exact) mass is 400 g/mol. The first kappa shape index (κ1) is 17.6. The maximum Gasteiger partial charge on any atom is 0.213 e. The highest BCUT2D eigenvalue weighted by Crippen LogP contribution is 2.34. The Kier molecular flexibility index (Phi) is 4.40. The van der Waals surface area contributed by atoms with Crippen LogP contribution in [0.2, 0.25) is 0 Å². The lowest BCUT2D eigenvalue weighted by molar-refractivity contribution is 0.589. The number of aromatic nitrogens is 4. The van der Waals surface area contributed by atoms with Crippen LogP contribution in [0.5, 0.6) is 0 Å². The third-order valence-corrected chi connectivity index (χ3v) is 6.56. The van der Waals surface area contributed by atoms with Gasteiger partial charge in [-0.05, 0) is 42.7 Å². The molecular weight excluding hydrogens is 387 g/mol. The standard InChI is InChI=1S/C18H13FN4O2S2/c1-26-18-16(27(24,25)14-6-2-5-13(19)10-14)17-21-9-7-15(23(17)22-18)12-4-3-8-20-11-12/h2-11H,1H3. The number of hydrogen-bond acceptors (Lipinski definition) is 6. The number of halogens is 1. The second kappa shape index (κ2) is 6.75. The van der Waals surface area contributed by atoms with Crippen LogP contribution in [0.1, 0.15) is 0 Å². The molecule has 0 fully saturated rings. The molecule has 0 spiro atoms. The summed E-state index contributed by atoms with van der Waals surface area (Å²) in [6.07, 6.45) is 6.57. The highest BCUT2D eigenvalue weighted by molar-refractivity contribution is 7.99. The SMILES string of the molecule is CSc1nn2c(-c3cccnc3)ccnc2c1S(=O)(=O)c1cccc(F)c1. The van der Waals surface area contributed by atoms with Gasteiger partial charge in [0, 0.05) is 24.2 Å². The lowest BCUT2D eigenvalue weighted by Gasteiger charge is -2.06. The molecule has 0 N–H and O–H groups in total. The number of sulfone groups is 1. The van der Waals surface area contributed by atoms with Gasteiger partial charge in [-0.2, -0.15) is 5.10 Å². The van der Waals surface area contributed by atoms with Gasteiger partial charge >= 0.3 is 0 Å². The van der Waals surface area contributed by atoms with Gasteiger partial charge in [0.05, 0.1) is 10.6 Å². The minimum atomic E-state index is -4.01. The molecule has 0 aliphatic rings. The molecule has 4 aromatic rings. The van der Waals surface area contributed by atoms with E-state index in [0.717, 1.165) is 11.6 Å². The molecule has 1 aromatic carbocycles. The fraction of sp³-hybridized carbons (Fsp3) is 0.0556. The first-order chi connectivity index (χ1) is 13.0. The van der Waals surface area contributed by atoms with Gasteiger partial charge in [0.15, 0.2) is 10.5 Å². The largest absolute Gasteiger partial charge is 0.264 e. The number of fused-ring (bicyclic) bond motifs is 1. The summed E-state index contributed by atoms with van der Waals surface area (Å²) < 4.78 is 41.5. The van der Waals surface area contributed by atoms with Crippen LogP contribution in [-0.2, 0) is 9.84 Å². The summed E-state index contributed by atoms with van der Waals surface area (Å²) in [5.74, 6) is -0.623. The lowest BCUT2D eigenvalue weighted by Crippen LogP contribution is -2.04. The van der Waals surface area contributed by atoms with E-state index in [9.17, 15) is 12.8 Å². The van der Waals surface area contributed by atoms with Crippen LogP contribution < -0.4 is 0 Å². The first-order valence-corrected chi connectivity index (χ1v) is 10.6. The molecule has 0 atom stereocenters. The third-order valence-electron chi connectivity index (χ3n) is 3.97. The molecule has 0 saturated carbocycles. The van der Waals surface area contributed by atoms with Gasteiger partial charge in [-0.3, -0.25) is 4.98 Å². The zero-order valence-electron chi connectivity index (χ0n) is 14.1. The van der Waals surface area contributed by atoms with Crippen molar-refractivity contribution < 1.29 is 12.8 Å². The van der Waals surface area contributed by atoms with Crippen molar-refractivity contribution in [3.8, 4) is 11.3 Å². The van der Waals surface area contributed by atoms with Crippen LogP contribution in [-0.4, -0.2) is 34.3 Å². The Morgan fingerprint density at radius 3 is 2.67 bits per heavy atom. The highest BCUT2D eigenvalue weighted by Gasteiger charge is 2.29. The van der Waals surface area contributed by atoms with E-state index in [2.05, 4.69) is 15.1 Å². The van der Waals surface area contributed by atoms with Crippen LogP contribution in [0, 0.1) is 5.82 Å². The van der Waals surface area contributed by atoms with E-state index in [4.69, 9.17) is 0 Å².